The molecule has 3 rings (SSSR count). The van der Waals surface area contributed by atoms with Gasteiger partial charge in [0, 0.05) is 11.1 Å². The van der Waals surface area contributed by atoms with Crippen molar-refractivity contribution in [3.05, 3.63) is 58.1 Å². The predicted octanol–water partition coefficient (Wildman–Crippen LogP) is 5.04. The molecule has 1 fully saturated rings. The molecule has 0 aromatic heterocycles. The normalized spacial score (nSPS) is 15.8. The van der Waals surface area contributed by atoms with Gasteiger partial charge < -0.3 is 18.9 Å². The van der Waals surface area contributed by atoms with Crippen LogP contribution < -0.4 is 9.47 Å². The molecule has 0 amide bonds. The van der Waals surface area contributed by atoms with E-state index in [-0.39, 0.29) is 12.7 Å². The maximum atomic E-state index is 12.7. The van der Waals surface area contributed by atoms with Gasteiger partial charge in [-0.15, -0.1) is 0 Å². The highest BCUT2D eigenvalue weighted by Gasteiger charge is 2.19. The predicted molar refractivity (Wildman–Crippen MR) is 115 cm³/mol. The number of benzene rings is 2. The highest BCUT2D eigenvalue weighted by molar-refractivity contribution is 9.10. The second-order valence-electron chi connectivity index (χ2n) is 7.49. The summed E-state index contributed by atoms with van der Waals surface area (Å²) >= 11 is 3.37. The lowest BCUT2D eigenvalue weighted by Gasteiger charge is -2.13. The molecule has 0 aliphatic carbocycles. The lowest BCUT2D eigenvalue weighted by Crippen LogP contribution is -2.17. The first-order valence-corrected chi connectivity index (χ1v) is 10.7. The molecule has 1 aliphatic heterocycles. The second-order valence-corrected chi connectivity index (χ2v) is 8.41. The van der Waals surface area contributed by atoms with Crippen molar-refractivity contribution in [2.75, 3.05) is 19.8 Å². The fraction of sp³-hybridized carbons (Fsp3) is 0.391. The lowest BCUT2D eigenvalue weighted by atomic mass is 10.2. The summed E-state index contributed by atoms with van der Waals surface area (Å²) in [5.41, 5.74) is 0.710. The average molecular weight is 477 g/mol. The standard InChI is InChI=1S/C23H25BrO6/c1-15(2)13-28-21-10-7-17(24)12-20(21)23(26)30-18-8-5-16(6-9-18)22(25)29-14-19-4-3-11-27-19/h5-10,12,15,19H,3-4,11,13-14H2,1-2H3. The molecule has 0 radical (unpaired) electrons. The molecule has 2 aromatic rings. The van der Waals surface area contributed by atoms with E-state index in [1.54, 1.807) is 36.4 Å². The summed E-state index contributed by atoms with van der Waals surface area (Å²) < 4.78 is 22.7. The molecule has 1 atom stereocenters. The third-order valence-electron chi connectivity index (χ3n) is 4.46. The number of carbonyl (C=O) groups excluding carboxylic acids is 2. The molecular formula is C23H25BrO6. The maximum absolute atomic E-state index is 12.7. The molecule has 0 N–H and O–H groups in total. The van der Waals surface area contributed by atoms with Crippen LogP contribution in [0.4, 0.5) is 0 Å². The zero-order valence-electron chi connectivity index (χ0n) is 17.1. The topological polar surface area (TPSA) is 71.1 Å². The Morgan fingerprint density at radius 2 is 1.90 bits per heavy atom. The Labute approximate surface area is 184 Å². The van der Waals surface area contributed by atoms with Gasteiger partial charge in [0.05, 0.1) is 18.3 Å². The number of esters is 2. The minimum absolute atomic E-state index is 0.0218. The van der Waals surface area contributed by atoms with Crippen molar-refractivity contribution in [1.82, 2.24) is 0 Å². The Morgan fingerprint density at radius 3 is 2.57 bits per heavy atom. The van der Waals surface area contributed by atoms with Crippen LogP contribution in [-0.2, 0) is 9.47 Å². The van der Waals surface area contributed by atoms with E-state index in [0.717, 1.165) is 17.3 Å². The van der Waals surface area contributed by atoms with Gasteiger partial charge in [-0.05, 0) is 61.2 Å². The van der Waals surface area contributed by atoms with E-state index in [4.69, 9.17) is 18.9 Å². The van der Waals surface area contributed by atoms with Gasteiger partial charge in [-0.2, -0.15) is 0 Å². The summed E-state index contributed by atoms with van der Waals surface area (Å²) in [6.45, 7) is 5.52. The highest BCUT2D eigenvalue weighted by atomic mass is 79.9. The average Bonchev–Trinajstić information content (AvgIpc) is 3.25. The van der Waals surface area contributed by atoms with Gasteiger partial charge in [0.1, 0.15) is 23.7 Å². The molecule has 160 valence electrons. The Kier molecular flexibility index (Phi) is 7.87. The third kappa shape index (κ3) is 6.31. The molecule has 1 heterocycles. The second kappa shape index (κ2) is 10.6. The van der Waals surface area contributed by atoms with E-state index in [2.05, 4.69) is 15.9 Å². The molecule has 30 heavy (non-hydrogen) atoms. The Morgan fingerprint density at radius 1 is 1.13 bits per heavy atom. The zero-order chi connectivity index (χ0) is 21.5. The molecule has 1 saturated heterocycles. The molecule has 2 aromatic carbocycles. The van der Waals surface area contributed by atoms with Crippen LogP contribution in [0.1, 0.15) is 47.4 Å². The Hall–Kier alpha value is -2.38. The summed E-state index contributed by atoms with van der Waals surface area (Å²) in [6, 6.07) is 11.5. The van der Waals surface area contributed by atoms with Crippen LogP contribution in [0.5, 0.6) is 11.5 Å². The van der Waals surface area contributed by atoms with E-state index in [1.165, 1.54) is 0 Å². The summed E-state index contributed by atoms with van der Waals surface area (Å²) in [5, 5.41) is 0. The van der Waals surface area contributed by atoms with Crippen molar-refractivity contribution < 1.29 is 28.5 Å². The fourth-order valence-electron chi connectivity index (χ4n) is 2.89. The largest absolute Gasteiger partial charge is 0.492 e. The van der Waals surface area contributed by atoms with Crippen molar-refractivity contribution in [2.45, 2.75) is 32.8 Å². The lowest BCUT2D eigenvalue weighted by molar-refractivity contribution is 0.0161. The van der Waals surface area contributed by atoms with Crippen LogP contribution >= 0.6 is 15.9 Å². The molecule has 0 bridgehead atoms. The number of hydrogen-bond donors (Lipinski definition) is 0. The van der Waals surface area contributed by atoms with Crippen LogP contribution in [0.3, 0.4) is 0 Å². The molecule has 0 saturated carbocycles. The first-order chi connectivity index (χ1) is 14.4. The fourth-order valence-corrected chi connectivity index (χ4v) is 3.25. The number of carbonyl (C=O) groups is 2. The van der Waals surface area contributed by atoms with E-state index in [1.807, 2.05) is 19.9 Å². The van der Waals surface area contributed by atoms with E-state index in [0.29, 0.717) is 41.8 Å². The van der Waals surface area contributed by atoms with Gasteiger partial charge in [0.2, 0.25) is 0 Å². The molecule has 6 nitrogen and oxygen atoms in total. The van der Waals surface area contributed by atoms with Crippen LogP contribution in [-0.4, -0.2) is 37.9 Å². The molecule has 0 spiro atoms. The summed E-state index contributed by atoms with van der Waals surface area (Å²) in [6.07, 6.45) is 1.87. The van der Waals surface area contributed by atoms with E-state index >= 15 is 0 Å². The Balaban J connectivity index is 1.61. The smallest absolute Gasteiger partial charge is 0.347 e. The number of halogens is 1. The first-order valence-electron chi connectivity index (χ1n) is 9.95. The van der Waals surface area contributed by atoms with Gasteiger partial charge in [-0.25, -0.2) is 9.59 Å². The van der Waals surface area contributed by atoms with Gasteiger partial charge in [0.15, 0.2) is 0 Å². The SMILES string of the molecule is CC(C)COc1ccc(Br)cc1C(=O)Oc1ccc(C(=O)OCC2CCCO2)cc1. The van der Waals surface area contributed by atoms with Crippen molar-refractivity contribution >= 4 is 27.9 Å². The van der Waals surface area contributed by atoms with E-state index in [9.17, 15) is 9.59 Å². The third-order valence-corrected chi connectivity index (χ3v) is 4.95. The van der Waals surface area contributed by atoms with Crippen molar-refractivity contribution in [3.8, 4) is 11.5 Å². The van der Waals surface area contributed by atoms with Crippen LogP contribution in [0.25, 0.3) is 0 Å². The first kappa shape index (κ1) is 22.3. The van der Waals surface area contributed by atoms with Gasteiger partial charge in [-0.3, -0.25) is 0 Å². The molecule has 1 aliphatic rings. The molecule has 1 unspecified atom stereocenters. The summed E-state index contributed by atoms with van der Waals surface area (Å²) in [7, 11) is 0. The van der Waals surface area contributed by atoms with Crippen LogP contribution in [0.15, 0.2) is 46.9 Å². The minimum atomic E-state index is -0.538. The highest BCUT2D eigenvalue weighted by Crippen LogP contribution is 2.26. The summed E-state index contributed by atoms with van der Waals surface area (Å²) in [4.78, 5) is 24.8. The van der Waals surface area contributed by atoms with Crippen molar-refractivity contribution in [1.29, 1.82) is 0 Å². The number of rotatable bonds is 8. The minimum Gasteiger partial charge on any atom is -0.492 e. The monoisotopic (exact) mass is 476 g/mol. The van der Waals surface area contributed by atoms with Gasteiger partial charge in [-0.1, -0.05) is 29.8 Å². The van der Waals surface area contributed by atoms with Crippen molar-refractivity contribution in [2.24, 2.45) is 5.92 Å². The maximum Gasteiger partial charge on any atom is 0.347 e. The number of hydrogen-bond acceptors (Lipinski definition) is 6. The van der Waals surface area contributed by atoms with Gasteiger partial charge in [0.25, 0.3) is 0 Å². The quantitative estimate of drug-likeness (QED) is 0.392. The van der Waals surface area contributed by atoms with Crippen molar-refractivity contribution in [3.63, 3.8) is 0 Å². The Bertz CT molecular complexity index is 872. The van der Waals surface area contributed by atoms with E-state index < -0.39 is 11.9 Å². The zero-order valence-corrected chi connectivity index (χ0v) is 18.6. The molecule has 7 heteroatoms. The van der Waals surface area contributed by atoms with Gasteiger partial charge >= 0.3 is 11.9 Å². The molecular weight excluding hydrogens is 452 g/mol. The van der Waals surface area contributed by atoms with Crippen LogP contribution in [0.2, 0.25) is 0 Å². The summed E-state index contributed by atoms with van der Waals surface area (Å²) in [5.74, 6) is 0.144. The number of ether oxygens (including phenoxy) is 4. The van der Waals surface area contributed by atoms with Crippen LogP contribution in [0, 0.1) is 5.92 Å².